The van der Waals surface area contributed by atoms with Crippen molar-refractivity contribution >= 4 is 11.6 Å². The average molecular weight is 342 g/mol. The van der Waals surface area contributed by atoms with E-state index >= 15 is 0 Å². The van der Waals surface area contributed by atoms with Gasteiger partial charge in [-0.3, -0.25) is 4.79 Å². The highest BCUT2D eigenvalue weighted by Crippen LogP contribution is 2.27. The van der Waals surface area contributed by atoms with Crippen LogP contribution in [0.3, 0.4) is 0 Å². The number of nitrogens with zero attached hydrogens (tertiary/aromatic N) is 3. The normalized spacial score (nSPS) is 21.0. The SMILES string of the molecule is CC.O=C1NCCCC1Cc1ccc2nc(CC3CCCC3)cn2n1. The molecule has 3 heterocycles. The van der Waals surface area contributed by atoms with E-state index in [1.807, 2.05) is 30.5 Å². The first-order chi connectivity index (χ1) is 12.3. The van der Waals surface area contributed by atoms with E-state index in [2.05, 4.69) is 16.6 Å². The summed E-state index contributed by atoms with van der Waals surface area (Å²) in [5, 5.41) is 7.62. The van der Waals surface area contributed by atoms with Crippen LogP contribution in [-0.4, -0.2) is 27.0 Å². The van der Waals surface area contributed by atoms with Gasteiger partial charge in [-0.05, 0) is 37.3 Å². The lowest BCUT2D eigenvalue weighted by Crippen LogP contribution is -2.37. The molecule has 1 amide bonds. The Kier molecular flexibility index (Phi) is 6.05. The molecule has 0 bridgehead atoms. The highest BCUT2D eigenvalue weighted by molar-refractivity contribution is 5.79. The maximum atomic E-state index is 11.9. The van der Waals surface area contributed by atoms with Crippen LogP contribution in [0.2, 0.25) is 0 Å². The van der Waals surface area contributed by atoms with Gasteiger partial charge in [0.05, 0.1) is 17.6 Å². The molecule has 5 nitrogen and oxygen atoms in total. The van der Waals surface area contributed by atoms with Crippen molar-refractivity contribution in [2.24, 2.45) is 11.8 Å². The number of aromatic nitrogens is 3. The molecule has 1 atom stereocenters. The summed E-state index contributed by atoms with van der Waals surface area (Å²) in [6.07, 6.45) is 11.3. The number of fused-ring (bicyclic) bond motifs is 1. The molecule has 0 radical (unpaired) electrons. The van der Waals surface area contributed by atoms with Crippen LogP contribution in [0.25, 0.3) is 5.65 Å². The standard InChI is InChI=1S/C18H24N4O.C2H6/c23-18-14(6-3-9-19-18)11-15-7-8-17-20-16(12-22(17)21-15)10-13-4-1-2-5-13;1-2/h7-8,12-14H,1-6,9-11H2,(H,19,23);1-2H3. The van der Waals surface area contributed by atoms with Crippen LogP contribution in [0, 0.1) is 11.8 Å². The monoisotopic (exact) mass is 342 g/mol. The Bertz CT molecular complexity index is 703. The maximum absolute atomic E-state index is 11.9. The lowest BCUT2D eigenvalue weighted by Gasteiger charge is -2.21. The third-order valence-electron chi connectivity index (χ3n) is 5.25. The fourth-order valence-corrected chi connectivity index (χ4v) is 3.97. The summed E-state index contributed by atoms with van der Waals surface area (Å²) in [5.74, 6) is 1.03. The topological polar surface area (TPSA) is 59.3 Å². The summed E-state index contributed by atoms with van der Waals surface area (Å²) < 4.78 is 1.89. The minimum atomic E-state index is 0.0650. The van der Waals surface area contributed by atoms with Gasteiger partial charge in [0, 0.05) is 18.9 Å². The highest BCUT2D eigenvalue weighted by Gasteiger charge is 2.23. The molecular formula is C20H30N4O. The first-order valence-corrected chi connectivity index (χ1v) is 9.90. The molecular weight excluding hydrogens is 312 g/mol. The van der Waals surface area contributed by atoms with E-state index < -0.39 is 0 Å². The second-order valence-corrected chi connectivity index (χ2v) is 7.05. The minimum absolute atomic E-state index is 0.0650. The predicted octanol–water partition coefficient (Wildman–Crippen LogP) is 3.56. The summed E-state index contributed by atoms with van der Waals surface area (Å²) >= 11 is 0. The van der Waals surface area contributed by atoms with Gasteiger partial charge >= 0.3 is 0 Å². The van der Waals surface area contributed by atoms with Gasteiger partial charge in [-0.25, -0.2) is 9.50 Å². The number of piperidine rings is 1. The minimum Gasteiger partial charge on any atom is -0.356 e. The molecule has 136 valence electrons. The Balaban J connectivity index is 0.000000880. The number of carbonyl (C=O) groups is 1. The van der Waals surface area contributed by atoms with Crippen LogP contribution in [0.5, 0.6) is 0 Å². The van der Waals surface area contributed by atoms with Crippen molar-refractivity contribution in [2.75, 3.05) is 6.54 Å². The molecule has 0 aromatic carbocycles. The van der Waals surface area contributed by atoms with Gasteiger partial charge in [0.25, 0.3) is 0 Å². The second-order valence-electron chi connectivity index (χ2n) is 7.05. The molecule has 1 aliphatic carbocycles. The number of hydrogen-bond acceptors (Lipinski definition) is 3. The zero-order valence-electron chi connectivity index (χ0n) is 15.5. The molecule has 2 aromatic heterocycles. The summed E-state index contributed by atoms with van der Waals surface area (Å²) in [5.41, 5.74) is 3.04. The van der Waals surface area contributed by atoms with Gasteiger partial charge < -0.3 is 5.32 Å². The Morgan fingerprint density at radius 2 is 1.88 bits per heavy atom. The Labute approximate surface area is 150 Å². The average Bonchev–Trinajstić information content (AvgIpc) is 3.28. The molecule has 1 unspecified atom stereocenters. The summed E-state index contributed by atoms with van der Waals surface area (Å²) in [4.78, 5) is 16.6. The largest absolute Gasteiger partial charge is 0.356 e. The molecule has 2 aromatic rings. The molecule has 2 fully saturated rings. The van der Waals surface area contributed by atoms with Gasteiger partial charge in [0.15, 0.2) is 5.65 Å². The van der Waals surface area contributed by atoms with Crippen molar-refractivity contribution in [3.8, 4) is 0 Å². The summed E-state index contributed by atoms with van der Waals surface area (Å²) in [6.45, 7) is 4.81. The van der Waals surface area contributed by atoms with Crippen molar-refractivity contribution in [2.45, 2.75) is 65.2 Å². The van der Waals surface area contributed by atoms with Crippen molar-refractivity contribution in [1.29, 1.82) is 0 Å². The predicted molar refractivity (Wildman–Crippen MR) is 99.4 cm³/mol. The van der Waals surface area contributed by atoms with E-state index in [4.69, 9.17) is 4.98 Å². The van der Waals surface area contributed by atoms with Gasteiger partial charge in [0.1, 0.15) is 0 Å². The lowest BCUT2D eigenvalue weighted by molar-refractivity contribution is -0.126. The van der Waals surface area contributed by atoms with Crippen LogP contribution in [-0.2, 0) is 17.6 Å². The van der Waals surface area contributed by atoms with Gasteiger partial charge in [-0.2, -0.15) is 5.10 Å². The van der Waals surface area contributed by atoms with E-state index in [0.717, 1.165) is 55.2 Å². The van der Waals surface area contributed by atoms with Gasteiger partial charge in [-0.1, -0.05) is 39.5 Å². The number of carbonyl (C=O) groups excluding carboxylic acids is 1. The zero-order chi connectivity index (χ0) is 17.6. The smallest absolute Gasteiger partial charge is 0.223 e. The molecule has 1 N–H and O–H groups in total. The number of nitrogens with one attached hydrogen (secondary N) is 1. The van der Waals surface area contributed by atoms with Crippen LogP contribution in [0.1, 0.15) is 63.8 Å². The van der Waals surface area contributed by atoms with Gasteiger partial charge in [0.2, 0.25) is 5.91 Å². The van der Waals surface area contributed by atoms with Crippen LogP contribution in [0.4, 0.5) is 0 Å². The molecule has 1 saturated heterocycles. The van der Waals surface area contributed by atoms with Crippen LogP contribution < -0.4 is 5.32 Å². The van der Waals surface area contributed by atoms with E-state index in [-0.39, 0.29) is 11.8 Å². The molecule has 2 aliphatic rings. The van der Waals surface area contributed by atoms with E-state index in [0.29, 0.717) is 0 Å². The van der Waals surface area contributed by atoms with E-state index in [1.54, 1.807) is 0 Å². The Morgan fingerprint density at radius 1 is 1.08 bits per heavy atom. The highest BCUT2D eigenvalue weighted by atomic mass is 16.1. The maximum Gasteiger partial charge on any atom is 0.223 e. The van der Waals surface area contributed by atoms with E-state index in [9.17, 15) is 4.79 Å². The number of rotatable bonds is 4. The quantitative estimate of drug-likeness (QED) is 0.924. The van der Waals surface area contributed by atoms with Gasteiger partial charge in [-0.15, -0.1) is 0 Å². The first-order valence-electron chi connectivity index (χ1n) is 9.90. The molecule has 5 heteroatoms. The molecule has 25 heavy (non-hydrogen) atoms. The third-order valence-corrected chi connectivity index (χ3v) is 5.25. The van der Waals surface area contributed by atoms with Crippen molar-refractivity contribution in [3.05, 3.63) is 29.7 Å². The van der Waals surface area contributed by atoms with Crippen LogP contribution >= 0.6 is 0 Å². The zero-order valence-corrected chi connectivity index (χ0v) is 15.5. The molecule has 1 saturated carbocycles. The van der Waals surface area contributed by atoms with Crippen molar-refractivity contribution in [3.63, 3.8) is 0 Å². The first kappa shape index (κ1) is 17.9. The number of hydrogen-bond donors (Lipinski definition) is 1. The van der Waals surface area contributed by atoms with E-state index in [1.165, 1.54) is 25.7 Å². The fraction of sp³-hybridized carbons (Fsp3) is 0.650. The molecule has 1 aliphatic heterocycles. The lowest BCUT2D eigenvalue weighted by atomic mass is 9.94. The second kappa shape index (κ2) is 8.45. The molecule has 4 rings (SSSR count). The summed E-state index contributed by atoms with van der Waals surface area (Å²) in [7, 11) is 0. The molecule has 0 spiro atoms. The Morgan fingerprint density at radius 3 is 2.64 bits per heavy atom. The number of imidazole rings is 1. The van der Waals surface area contributed by atoms with Crippen molar-refractivity contribution < 1.29 is 4.79 Å². The summed E-state index contributed by atoms with van der Waals surface area (Å²) in [6, 6.07) is 4.05. The third kappa shape index (κ3) is 4.39. The fourth-order valence-electron chi connectivity index (χ4n) is 3.97. The Hall–Kier alpha value is -1.91. The van der Waals surface area contributed by atoms with Crippen LogP contribution in [0.15, 0.2) is 18.3 Å². The number of amides is 1. The van der Waals surface area contributed by atoms with Crippen molar-refractivity contribution in [1.82, 2.24) is 19.9 Å².